The minimum Gasteiger partial charge on any atom is -0.457 e. The maximum Gasteiger partial charge on any atom is 0.252 e. The van der Waals surface area contributed by atoms with E-state index in [1.54, 1.807) is 0 Å². The summed E-state index contributed by atoms with van der Waals surface area (Å²) in [6.45, 7) is 63.0. The molecule has 4 aliphatic heterocycles. The molecule has 10 aromatic carbocycles. The molecule has 4 aliphatic rings. The van der Waals surface area contributed by atoms with Crippen molar-refractivity contribution in [3.8, 4) is 23.0 Å². The number of hydrogen-bond acceptors (Lipinski definition) is 6. The molecule has 0 amide bonds. The number of hydrogen-bond donors (Lipinski definition) is 0. The zero-order valence-corrected chi connectivity index (χ0v) is 68.4. The molecule has 0 aliphatic carbocycles. The summed E-state index contributed by atoms with van der Waals surface area (Å²) in [5.74, 6) is 3.18. The largest absolute Gasteiger partial charge is 0.457 e. The number of nitrogens with zero attached hydrogens (tertiary/aromatic N) is 3. The molecule has 8 heteroatoms. The van der Waals surface area contributed by atoms with Gasteiger partial charge in [0.05, 0.1) is 0 Å². The summed E-state index contributed by atoms with van der Waals surface area (Å²) >= 11 is 1.92. The summed E-state index contributed by atoms with van der Waals surface area (Å²) in [6.07, 6.45) is 0. The number of benzene rings is 10. The van der Waals surface area contributed by atoms with E-state index in [4.69, 9.17) is 9.47 Å². The third-order valence-corrected chi connectivity index (χ3v) is 23.5. The normalized spacial score (nSPS) is 14.5. The number of anilines is 9. The van der Waals surface area contributed by atoms with Crippen LogP contribution >= 0.6 is 11.8 Å². The highest BCUT2D eigenvalue weighted by Gasteiger charge is 2.51. The summed E-state index contributed by atoms with van der Waals surface area (Å²) in [6, 6.07) is 71.0. The first kappa shape index (κ1) is 72.6. The van der Waals surface area contributed by atoms with Crippen LogP contribution in [0.15, 0.2) is 192 Å². The Morgan fingerprint density at radius 1 is 0.231 bits per heavy atom. The van der Waals surface area contributed by atoms with E-state index in [1.165, 1.54) is 98.3 Å². The van der Waals surface area contributed by atoms with Gasteiger partial charge in [0.15, 0.2) is 0 Å². The number of rotatable bonds is 7. The van der Waals surface area contributed by atoms with E-state index in [1.807, 2.05) is 11.8 Å². The van der Waals surface area contributed by atoms with Crippen LogP contribution in [0.3, 0.4) is 0 Å². The van der Waals surface area contributed by atoms with Crippen molar-refractivity contribution in [3.63, 3.8) is 0 Å². The van der Waals surface area contributed by atoms with Crippen LogP contribution in [0.25, 0.3) is 0 Å². The fourth-order valence-electron chi connectivity index (χ4n) is 16.1. The minimum atomic E-state index is -0.286. The highest BCUT2D eigenvalue weighted by molar-refractivity contribution is 8.00. The molecule has 534 valence electrons. The molecule has 0 atom stereocenters. The molecule has 0 unspecified atom stereocenters. The van der Waals surface area contributed by atoms with Gasteiger partial charge < -0.3 is 24.2 Å². The maximum absolute atomic E-state index is 7.43. The van der Waals surface area contributed by atoms with Crippen LogP contribution in [0.5, 0.6) is 23.0 Å². The van der Waals surface area contributed by atoms with Crippen molar-refractivity contribution in [1.29, 1.82) is 0 Å². The molecular formula is C96H111B2N3O2S. The van der Waals surface area contributed by atoms with Crippen LogP contribution < -0.4 is 57.0 Å². The highest BCUT2D eigenvalue weighted by atomic mass is 32.2. The van der Waals surface area contributed by atoms with Gasteiger partial charge in [-0.2, -0.15) is 0 Å². The quantitative estimate of drug-likeness (QED) is 0.148. The third-order valence-electron chi connectivity index (χ3n) is 22.4. The van der Waals surface area contributed by atoms with Crippen LogP contribution in [0.2, 0.25) is 0 Å². The van der Waals surface area contributed by atoms with E-state index in [-0.39, 0.29) is 62.2 Å². The SMILES string of the molecule is CC(C)(C)c1ccc(Oc2cc3c4c(c2)N(c2ccc(C(C)(C)C)cc2)c2cc5c(cc2B4c2c(cc(C(C)(C)C)cc2C(C)(C)C)S3)B2c3c(cc(Oc4ccc(C(C)(C)C)cc4)cc3N(c3ccc(C(C)(C)C)cc3)c3cc(C(C)(C)C)cc(C(C)(C)C)c32)N5c2ccc(C(C)(C)C)cc2)cc1. The molecule has 0 N–H and O–H groups in total. The monoisotopic (exact) mass is 1390 g/mol. The van der Waals surface area contributed by atoms with E-state index in [0.717, 1.165) is 68.5 Å². The Labute approximate surface area is 629 Å². The van der Waals surface area contributed by atoms with Crippen molar-refractivity contribution < 1.29 is 9.47 Å². The lowest BCUT2D eigenvalue weighted by Crippen LogP contribution is -2.66. The summed E-state index contributed by atoms with van der Waals surface area (Å²) < 4.78 is 14.7. The smallest absolute Gasteiger partial charge is 0.252 e. The van der Waals surface area contributed by atoms with Crippen LogP contribution in [0, 0.1) is 0 Å². The molecule has 0 aromatic heterocycles. The lowest BCUT2D eigenvalue weighted by atomic mass is 9.29. The predicted molar refractivity (Wildman–Crippen MR) is 452 cm³/mol. The third kappa shape index (κ3) is 13.1. The molecule has 0 fully saturated rings. The second-order valence-corrected chi connectivity index (χ2v) is 40.8. The Morgan fingerprint density at radius 2 is 0.519 bits per heavy atom. The molecule has 0 saturated heterocycles. The second-order valence-electron chi connectivity index (χ2n) is 39.7. The standard InChI is InChI=1S/C96H111B2N3O2S/c1-88(2,3)58-28-38-65(39-29-58)99-76-57-77-75(98-85-73(96(25,26)27)49-64(94(19,20)21)51-82(85)104-83-55-71(103-69-46-36-62(37-47-69)92(13,14)15)54-81(87(83)98)100(77)66-40-30-59(31-41-66)89(4,5)6)56-74(76)97-84-72(95(22,23)24)48-63(93(16,17)18)50-78(84)101(67-42-32-60(33-43-67)90(7,8)9)80-53-70(52-79(99)86(80)97)102-68-44-34-61(35-45-68)91(10,11)12/h28-57H,1-27H3. The Hall–Kier alpha value is -8.32. The van der Waals surface area contributed by atoms with Gasteiger partial charge in [-0.05, 0) is 211 Å². The van der Waals surface area contributed by atoms with Gasteiger partial charge in [0.1, 0.15) is 23.0 Å². The van der Waals surface area contributed by atoms with Crippen LogP contribution in [-0.2, 0) is 48.7 Å². The van der Waals surface area contributed by atoms with Crippen LogP contribution in [0.4, 0.5) is 51.2 Å². The van der Waals surface area contributed by atoms with Crippen molar-refractivity contribution in [3.05, 3.63) is 232 Å². The van der Waals surface area contributed by atoms with Gasteiger partial charge in [-0.25, -0.2) is 0 Å². The van der Waals surface area contributed by atoms with Crippen molar-refractivity contribution >= 4 is 109 Å². The van der Waals surface area contributed by atoms with Crippen molar-refractivity contribution in [2.24, 2.45) is 0 Å². The fourth-order valence-corrected chi connectivity index (χ4v) is 17.4. The van der Waals surface area contributed by atoms with E-state index in [0.29, 0.717) is 0 Å². The van der Waals surface area contributed by atoms with Crippen molar-refractivity contribution in [1.82, 2.24) is 0 Å². The first-order valence-corrected chi connectivity index (χ1v) is 38.9. The maximum atomic E-state index is 7.43. The summed E-state index contributed by atoms with van der Waals surface area (Å²) in [5, 5.41) is 0. The van der Waals surface area contributed by atoms with Crippen LogP contribution in [0.1, 0.15) is 237 Å². The Balaban J connectivity index is 1.15. The van der Waals surface area contributed by atoms with Gasteiger partial charge in [-0.3, -0.25) is 0 Å². The lowest BCUT2D eigenvalue weighted by molar-refractivity contribution is 0.480. The second kappa shape index (κ2) is 24.6. The molecule has 4 heterocycles. The van der Waals surface area contributed by atoms with E-state index >= 15 is 0 Å². The van der Waals surface area contributed by atoms with E-state index in [2.05, 4.69) is 384 Å². The summed E-state index contributed by atoms with van der Waals surface area (Å²) in [4.78, 5) is 10.3. The summed E-state index contributed by atoms with van der Waals surface area (Å²) in [5.41, 5.74) is 28.7. The van der Waals surface area contributed by atoms with Gasteiger partial charge in [-0.15, -0.1) is 0 Å². The topological polar surface area (TPSA) is 28.2 Å². The first-order valence-electron chi connectivity index (χ1n) is 38.1. The molecule has 14 rings (SSSR count). The minimum absolute atomic E-state index is 0.00385. The average Bonchev–Trinajstić information content (AvgIpc) is 0.681. The van der Waals surface area contributed by atoms with Gasteiger partial charge in [-0.1, -0.05) is 283 Å². The van der Waals surface area contributed by atoms with Gasteiger partial charge >= 0.3 is 0 Å². The van der Waals surface area contributed by atoms with Gasteiger partial charge in [0.2, 0.25) is 6.71 Å². The molecule has 10 aromatic rings. The average molecular weight is 1390 g/mol. The Bertz CT molecular complexity index is 5020. The first-order chi connectivity index (χ1) is 48.2. The zero-order chi connectivity index (χ0) is 75.0. The van der Waals surface area contributed by atoms with E-state index in [9.17, 15) is 0 Å². The van der Waals surface area contributed by atoms with Gasteiger partial charge in [0.25, 0.3) is 6.71 Å². The van der Waals surface area contributed by atoms with Gasteiger partial charge in [0, 0.05) is 79.2 Å². The fraction of sp³-hybridized carbons (Fsp3) is 0.375. The molecule has 104 heavy (non-hydrogen) atoms. The van der Waals surface area contributed by atoms with Crippen molar-refractivity contribution in [2.45, 2.75) is 245 Å². The Kier molecular flexibility index (Phi) is 17.2. The van der Waals surface area contributed by atoms with Crippen molar-refractivity contribution in [2.75, 3.05) is 14.7 Å². The highest BCUT2D eigenvalue weighted by Crippen LogP contribution is 2.53. The van der Waals surface area contributed by atoms with Crippen LogP contribution in [-0.4, -0.2) is 13.4 Å². The zero-order valence-electron chi connectivity index (χ0n) is 67.5. The lowest BCUT2D eigenvalue weighted by Gasteiger charge is -2.48. The molecule has 0 radical (unpaired) electrons. The number of ether oxygens (including phenoxy) is 2. The molecule has 0 bridgehead atoms. The Morgan fingerprint density at radius 3 is 0.875 bits per heavy atom. The number of fused-ring (bicyclic) bond motifs is 8. The molecule has 5 nitrogen and oxygen atoms in total. The molecule has 0 spiro atoms. The van der Waals surface area contributed by atoms with E-state index < -0.39 is 0 Å². The molecular weight excluding hydrogens is 1280 g/mol. The predicted octanol–water partition coefficient (Wildman–Crippen LogP) is 23.8. The molecule has 0 saturated carbocycles. The summed E-state index contributed by atoms with van der Waals surface area (Å²) in [7, 11) is 0.